The Morgan fingerprint density at radius 1 is 1.12 bits per heavy atom. The van der Waals surface area contributed by atoms with Gasteiger partial charge in [0, 0.05) is 25.7 Å². The van der Waals surface area contributed by atoms with E-state index in [-0.39, 0.29) is 17.7 Å². The molecule has 3 aliphatic rings. The maximum Gasteiger partial charge on any atom is 0.329 e. The molecule has 2 aliphatic carbocycles. The van der Waals surface area contributed by atoms with Gasteiger partial charge in [-0.2, -0.15) is 10.2 Å². The van der Waals surface area contributed by atoms with Crippen LogP contribution in [-0.2, 0) is 9.59 Å². The summed E-state index contributed by atoms with van der Waals surface area (Å²) in [5.41, 5.74) is -1.43. The van der Waals surface area contributed by atoms with Gasteiger partial charge in [-0.1, -0.05) is 19.3 Å². The van der Waals surface area contributed by atoms with E-state index >= 15 is 0 Å². The van der Waals surface area contributed by atoms with Crippen LogP contribution in [0.4, 0.5) is 0 Å². The van der Waals surface area contributed by atoms with Gasteiger partial charge in [0.1, 0.15) is 5.54 Å². The van der Waals surface area contributed by atoms with Crippen LogP contribution in [0.5, 0.6) is 0 Å². The van der Waals surface area contributed by atoms with E-state index in [4.69, 9.17) is 6.42 Å². The van der Waals surface area contributed by atoms with Crippen molar-refractivity contribution in [2.75, 3.05) is 0 Å². The average molecular weight is 331 g/mol. The van der Waals surface area contributed by atoms with Gasteiger partial charge < -0.3 is 10.4 Å². The summed E-state index contributed by atoms with van der Waals surface area (Å²) in [7, 11) is 0. The highest BCUT2D eigenvalue weighted by atomic mass is 16.4. The number of amides is 1. The van der Waals surface area contributed by atoms with Gasteiger partial charge in [0.05, 0.1) is 0 Å². The summed E-state index contributed by atoms with van der Waals surface area (Å²) in [5.74, 6) is 1.43. The van der Waals surface area contributed by atoms with Crippen molar-refractivity contribution in [2.24, 2.45) is 15.6 Å². The van der Waals surface area contributed by atoms with Crippen molar-refractivity contribution in [1.82, 2.24) is 5.32 Å². The maximum absolute atomic E-state index is 12.3. The Morgan fingerprint density at radius 3 is 2.33 bits per heavy atom. The monoisotopic (exact) mass is 331 g/mol. The van der Waals surface area contributed by atoms with Crippen molar-refractivity contribution < 1.29 is 14.7 Å². The molecule has 0 radical (unpaired) electrons. The van der Waals surface area contributed by atoms with Gasteiger partial charge in [-0.25, -0.2) is 4.79 Å². The lowest BCUT2D eigenvalue weighted by molar-refractivity contribution is -0.162. The number of carbonyl (C=O) groups excluding carboxylic acids is 1. The quantitative estimate of drug-likeness (QED) is 0.702. The van der Waals surface area contributed by atoms with Gasteiger partial charge in [-0.05, 0) is 31.1 Å². The van der Waals surface area contributed by atoms with Gasteiger partial charge >= 0.3 is 5.97 Å². The number of terminal acetylenes is 1. The molecule has 0 aromatic heterocycles. The Hall–Kier alpha value is -1.90. The second-order valence-corrected chi connectivity index (χ2v) is 7.74. The Balaban J connectivity index is 1.51. The molecule has 1 aliphatic heterocycles. The number of rotatable bonds is 7. The molecule has 3 rings (SSSR count). The second kappa shape index (κ2) is 6.19. The van der Waals surface area contributed by atoms with Crippen molar-refractivity contribution in [2.45, 2.75) is 81.8 Å². The fourth-order valence-electron chi connectivity index (χ4n) is 4.49. The average Bonchev–Trinajstić information content (AvgIpc) is 3.30. The van der Waals surface area contributed by atoms with Crippen LogP contribution >= 0.6 is 0 Å². The minimum Gasteiger partial charge on any atom is -0.480 e. The Bertz CT molecular complexity index is 585. The van der Waals surface area contributed by atoms with Crippen LogP contribution in [0.3, 0.4) is 0 Å². The Labute approximate surface area is 142 Å². The topological polar surface area (TPSA) is 91.1 Å². The number of hydrogen-bond acceptors (Lipinski definition) is 4. The van der Waals surface area contributed by atoms with Crippen LogP contribution in [0.25, 0.3) is 0 Å². The third-order valence-corrected chi connectivity index (χ3v) is 5.86. The molecule has 2 N–H and O–H groups in total. The third kappa shape index (κ3) is 3.31. The van der Waals surface area contributed by atoms with Gasteiger partial charge in [0.25, 0.3) is 0 Å². The lowest BCUT2D eigenvalue weighted by Gasteiger charge is -2.56. The molecule has 2 saturated carbocycles. The number of carbonyl (C=O) groups is 2. The van der Waals surface area contributed by atoms with Crippen molar-refractivity contribution in [3.05, 3.63) is 0 Å². The SMILES string of the molecule is C#CCCC1(CCC(=O)NC2(C(=O)O)CC3(CCCCC3)C2)N=N1. The minimum atomic E-state index is -1.07. The zero-order valence-electron chi connectivity index (χ0n) is 14.0. The summed E-state index contributed by atoms with van der Waals surface area (Å²) in [5, 5.41) is 20.4. The Morgan fingerprint density at radius 2 is 1.79 bits per heavy atom. The first-order chi connectivity index (χ1) is 11.4. The highest BCUT2D eigenvalue weighted by Gasteiger charge is 2.59. The first-order valence-corrected chi connectivity index (χ1v) is 8.85. The largest absolute Gasteiger partial charge is 0.480 e. The fourth-order valence-corrected chi connectivity index (χ4v) is 4.49. The van der Waals surface area contributed by atoms with E-state index in [2.05, 4.69) is 21.5 Å². The molecule has 6 nitrogen and oxygen atoms in total. The van der Waals surface area contributed by atoms with E-state index in [1.165, 1.54) is 19.3 Å². The highest BCUT2D eigenvalue weighted by Crippen LogP contribution is 2.56. The van der Waals surface area contributed by atoms with Gasteiger partial charge in [0.2, 0.25) is 5.91 Å². The zero-order chi connectivity index (χ0) is 17.3. The number of carboxylic acid groups (broad SMARTS) is 1. The van der Waals surface area contributed by atoms with Gasteiger partial charge in [0.15, 0.2) is 5.66 Å². The molecule has 130 valence electrons. The van der Waals surface area contributed by atoms with Gasteiger partial charge in [-0.15, -0.1) is 12.3 Å². The highest BCUT2D eigenvalue weighted by molar-refractivity contribution is 5.88. The summed E-state index contributed by atoms with van der Waals surface area (Å²) in [4.78, 5) is 24.0. The molecular formula is C18H25N3O3. The summed E-state index contributed by atoms with van der Waals surface area (Å²) < 4.78 is 0. The molecule has 1 amide bonds. The van der Waals surface area contributed by atoms with Crippen molar-refractivity contribution in [3.8, 4) is 12.3 Å². The Kier molecular flexibility index (Phi) is 4.37. The summed E-state index contributed by atoms with van der Waals surface area (Å²) >= 11 is 0. The molecule has 0 bridgehead atoms. The van der Waals surface area contributed by atoms with Crippen LogP contribution in [-0.4, -0.2) is 28.2 Å². The molecule has 0 saturated heterocycles. The number of nitrogens with one attached hydrogen (secondary N) is 1. The number of carboxylic acids is 1. The predicted octanol–water partition coefficient (Wildman–Crippen LogP) is 3.03. The zero-order valence-corrected chi connectivity index (χ0v) is 14.0. The molecular weight excluding hydrogens is 306 g/mol. The molecule has 0 aromatic carbocycles. The molecule has 1 spiro atoms. The van der Waals surface area contributed by atoms with Crippen molar-refractivity contribution in [1.29, 1.82) is 0 Å². The van der Waals surface area contributed by atoms with Crippen molar-refractivity contribution >= 4 is 11.9 Å². The first kappa shape index (κ1) is 16.9. The number of hydrogen-bond donors (Lipinski definition) is 2. The predicted molar refractivity (Wildman–Crippen MR) is 88.1 cm³/mol. The van der Waals surface area contributed by atoms with Crippen LogP contribution in [0.2, 0.25) is 0 Å². The van der Waals surface area contributed by atoms with Crippen molar-refractivity contribution in [3.63, 3.8) is 0 Å². The van der Waals surface area contributed by atoms with E-state index in [0.717, 1.165) is 12.8 Å². The number of aliphatic carboxylic acids is 1. The molecule has 1 heterocycles. The fraction of sp³-hybridized carbons (Fsp3) is 0.778. The molecule has 0 aromatic rings. The summed E-state index contributed by atoms with van der Waals surface area (Å²) in [6.45, 7) is 0. The van der Waals surface area contributed by atoms with Gasteiger partial charge in [-0.3, -0.25) is 4.79 Å². The smallest absolute Gasteiger partial charge is 0.329 e. The van der Waals surface area contributed by atoms with Crippen LogP contribution in [0, 0.1) is 17.8 Å². The standard InChI is InChI=1S/C18H25N3O3/c1-2-3-10-18(20-21-18)11-7-14(22)19-17(15(23)24)12-16(13-17)8-5-4-6-9-16/h1H,3-13H2,(H,19,22)(H,23,24). The summed E-state index contributed by atoms with van der Waals surface area (Å²) in [6.07, 6.45) is 14.1. The number of nitrogens with zero attached hydrogens (tertiary/aromatic N) is 2. The van der Waals surface area contributed by atoms with E-state index in [1.807, 2.05) is 0 Å². The van der Waals surface area contributed by atoms with E-state index in [0.29, 0.717) is 32.1 Å². The normalized spacial score (nSPS) is 24.6. The van der Waals surface area contributed by atoms with Crippen LogP contribution in [0.1, 0.15) is 70.6 Å². The molecule has 6 heteroatoms. The molecule has 0 atom stereocenters. The first-order valence-electron chi connectivity index (χ1n) is 8.85. The lowest BCUT2D eigenvalue weighted by Crippen LogP contribution is -2.66. The van der Waals surface area contributed by atoms with Crippen LogP contribution in [0.15, 0.2) is 10.2 Å². The maximum atomic E-state index is 12.3. The van der Waals surface area contributed by atoms with Crippen LogP contribution < -0.4 is 5.32 Å². The third-order valence-electron chi connectivity index (χ3n) is 5.86. The minimum absolute atomic E-state index is 0.138. The molecule has 2 fully saturated rings. The molecule has 0 unspecified atom stereocenters. The lowest BCUT2D eigenvalue weighted by atomic mass is 9.52. The summed E-state index contributed by atoms with van der Waals surface area (Å²) in [6, 6.07) is 0. The van der Waals surface area contributed by atoms with E-state index < -0.39 is 17.2 Å². The molecule has 24 heavy (non-hydrogen) atoms. The second-order valence-electron chi connectivity index (χ2n) is 7.74. The van der Waals surface area contributed by atoms with E-state index in [1.54, 1.807) is 0 Å². The van der Waals surface area contributed by atoms with E-state index in [9.17, 15) is 14.7 Å².